The van der Waals surface area contributed by atoms with Crippen LogP contribution in [0.3, 0.4) is 0 Å². The minimum Gasteiger partial charge on any atom is -0.543 e. The van der Waals surface area contributed by atoms with Crippen LogP contribution in [0.5, 0.6) is 11.5 Å². The Hall–Kier alpha value is -1.55. The molecule has 0 saturated heterocycles. The molecule has 0 unspecified atom stereocenters. The number of benzene rings is 2. The molecule has 0 saturated carbocycles. The van der Waals surface area contributed by atoms with Gasteiger partial charge in [0.1, 0.15) is 5.75 Å². The Balaban J connectivity index is 2.59. The molecule has 0 aliphatic rings. The Morgan fingerprint density at radius 1 is 1.10 bits per heavy atom. The van der Waals surface area contributed by atoms with E-state index < -0.39 is 14.1 Å². The lowest BCUT2D eigenvalue weighted by Gasteiger charge is -2.36. The third-order valence-corrected chi connectivity index (χ3v) is 8.44. The number of fused-ring (bicyclic) bond motifs is 1. The highest BCUT2D eigenvalue weighted by Crippen LogP contribution is 2.41. The molecule has 0 amide bonds. The first-order chi connectivity index (χ1) is 9.13. The van der Waals surface area contributed by atoms with Crippen LogP contribution < -0.4 is 4.43 Å². The van der Waals surface area contributed by atoms with Gasteiger partial charge in [0.15, 0.2) is 11.6 Å². The molecule has 1 N–H and O–H groups in total. The van der Waals surface area contributed by atoms with Crippen molar-refractivity contribution in [1.29, 1.82) is 0 Å². The molecule has 0 fully saturated rings. The fourth-order valence-corrected chi connectivity index (χ4v) is 2.83. The maximum atomic E-state index is 14.0. The van der Waals surface area contributed by atoms with Gasteiger partial charge in [0, 0.05) is 16.8 Å². The van der Waals surface area contributed by atoms with Crippen LogP contribution in [-0.2, 0) is 0 Å². The zero-order valence-corrected chi connectivity index (χ0v) is 13.6. The molecule has 0 radical (unpaired) electrons. The van der Waals surface area contributed by atoms with Crippen LogP contribution in [-0.4, -0.2) is 13.4 Å². The summed E-state index contributed by atoms with van der Waals surface area (Å²) in [6.45, 7) is 10.7. The quantitative estimate of drug-likeness (QED) is 0.783. The van der Waals surface area contributed by atoms with E-state index in [1.807, 2.05) is 12.1 Å². The van der Waals surface area contributed by atoms with Crippen molar-refractivity contribution in [3.05, 3.63) is 36.1 Å². The van der Waals surface area contributed by atoms with Crippen LogP contribution in [0.1, 0.15) is 20.8 Å². The van der Waals surface area contributed by atoms with Gasteiger partial charge in [0.2, 0.25) is 0 Å². The fraction of sp³-hybridized carbons (Fsp3) is 0.375. The molecule has 2 rings (SSSR count). The summed E-state index contributed by atoms with van der Waals surface area (Å²) in [5.74, 6) is -0.397. The summed E-state index contributed by atoms with van der Waals surface area (Å²) in [5, 5.41) is 10.9. The van der Waals surface area contributed by atoms with E-state index in [-0.39, 0.29) is 10.8 Å². The van der Waals surface area contributed by atoms with Crippen molar-refractivity contribution in [3.63, 3.8) is 0 Å². The molecule has 2 nitrogen and oxygen atoms in total. The van der Waals surface area contributed by atoms with E-state index in [1.165, 1.54) is 6.07 Å². The van der Waals surface area contributed by atoms with Crippen LogP contribution in [0.2, 0.25) is 18.1 Å². The first-order valence-electron chi connectivity index (χ1n) is 6.73. The average molecular weight is 292 g/mol. The standard InChI is InChI=1S/C16H21FO2Si/c1-16(2,3)20(4,5)19-14-10-13(18)15(17)12-9-7-6-8-11(12)14/h6-10,18H,1-5H3. The van der Waals surface area contributed by atoms with E-state index in [4.69, 9.17) is 4.43 Å². The predicted molar refractivity (Wildman–Crippen MR) is 83.4 cm³/mol. The van der Waals surface area contributed by atoms with Gasteiger partial charge in [-0.15, -0.1) is 0 Å². The Morgan fingerprint density at radius 2 is 1.65 bits per heavy atom. The smallest absolute Gasteiger partial charge is 0.250 e. The van der Waals surface area contributed by atoms with E-state index in [9.17, 15) is 9.50 Å². The number of hydrogen-bond donors (Lipinski definition) is 1. The molecule has 4 heteroatoms. The van der Waals surface area contributed by atoms with E-state index in [0.29, 0.717) is 16.5 Å². The largest absolute Gasteiger partial charge is 0.543 e. The third kappa shape index (κ3) is 2.52. The number of phenolic OH excluding ortho intramolecular Hbond substituents is 1. The Bertz CT molecular complexity index is 645. The molecule has 0 aromatic heterocycles. The monoisotopic (exact) mass is 292 g/mol. The lowest BCUT2D eigenvalue weighted by molar-refractivity contribution is 0.429. The van der Waals surface area contributed by atoms with E-state index in [2.05, 4.69) is 33.9 Å². The minimum atomic E-state index is -2.04. The first-order valence-corrected chi connectivity index (χ1v) is 9.63. The van der Waals surface area contributed by atoms with Gasteiger partial charge in [-0.25, -0.2) is 4.39 Å². The summed E-state index contributed by atoms with van der Waals surface area (Å²) in [7, 11) is -2.04. The highest BCUT2D eigenvalue weighted by Gasteiger charge is 2.39. The summed E-state index contributed by atoms with van der Waals surface area (Å²) in [6.07, 6.45) is 0. The van der Waals surface area contributed by atoms with E-state index in [0.717, 1.165) is 0 Å². The molecule has 2 aromatic rings. The second-order valence-electron chi connectivity index (χ2n) is 6.62. The zero-order chi connectivity index (χ0) is 15.1. The van der Waals surface area contributed by atoms with Gasteiger partial charge in [-0.2, -0.15) is 0 Å². The number of rotatable bonds is 2. The third-order valence-electron chi connectivity index (χ3n) is 4.09. The van der Waals surface area contributed by atoms with Crippen molar-refractivity contribution in [3.8, 4) is 11.5 Å². The van der Waals surface area contributed by atoms with Gasteiger partial charge in [0.25, 0.3) is 8.32 Å². The molecule has 2 aromatic carbocycles. The van der Waals surface area contributed by atoms with Crippen molar-refractivity contribution in [2.24, 2.45) is 0 Å². The molecule has 0 atom stereocenters. The molecule has 108 valence electrons. The Kier molecular flexibility index (Phi) is 3.54. The fourth-order valence-electron chi connectivity index (χ4n) is 1.81. The zero-order valence-electron chi connectivity index (χ0n) is 12.6. The molecule has 0 bridgehead atoms. The van der Waals surface area contributed by atoms with Crippen LogP contribution >= 0.6 is 0 Å². The SMILES string of the molecule is CC(C)(C)[Si](C)(C)Oc1cc(O)c(F)c2ccccc12. The highest BCUT2D eigenvalue weighted by atomic mass is 28.4. The van der Waals surface area contributed by atoms with Gasteiger partial charge >= 0.3 is 0 Å². The highest BCUT2D eigenvalue weighted by molar-refractivity contribution is 6.74. The molecule has 0 heterocycles. The second-order valence-corrected chi connectivity index (χ2v) is 11.3. The van der Waals surface area contributed by atoms with Gasteiger partial charge in [-0.1, -0.05) is 45.0 Å². The van der Waals surface area contributed by atoms with E-state index >= 15 is 0 Å². The van der Waals surface area contributed by atoms with Crippen molar-refractivity contribution < 1.29 is 13.9 Å². The second kappa shape index (κ2) is 4.77. The topological polar surface area (TPSA) is 29.5 Å². The van der Waals surface area contributed by atoms with Crippen molar-refractivity contribution in [1.82, 2.24) is 0 Å². The summed E-state index contributed by atoms with van der Waals surface area (Å²) >= 11 is 0. The maximum Gasteiger partial charge on any atom is 0.250 e. The van der Waals surface area contributed by atoms with Crippen LogP contribution in [0.4, 0.5) is 4.39 Å². The first kappa shape index (κ1) is 14.8. The van der Waals surface area contributed by atoms with Crippen molar-refractivity contribution >= 4 is 19.1 Å². The summed E-state index contributed by atoms with van der Waals surface area (Å²) < 4.78 is 20.2. The van der Waals surface area contributed by atoms with Gasteiger partial charge in [-0.05, 0) is 18.1 Å². The summed E-state index contributed by atoms with van der Waals surface area (Å²) in [4.78, 5) is 0. The minimum absolute atomic E-state index is 0.0398. The van der Waals surface area contributed by atoms with E-state index in [1.54, 1.807) is 12.1 Å². The lowest BCUT2D eigenvalue weighted by Crippen LogP contribution is -2.43. The Morgan fingerprint density at radius 3 is 2.20 bits per heavy atom. The molecular formula is C16H21FO2Si. The van der Waals surface area contributed by atoms with Gasteiger partial charge in [-0.3, -0.25) is 0 Å². The molecule has 20 heavy (non-hydrogen) atoms. The summed E-state index contributed by atoms with van der Waals surface area (Å²) in [6, 6.07) is 8.46. The van der Waals surface area contributed by atoms with Crippen LogP contribution in [0.25, 0.3) is 10.8 Å². The van der Waals surface area contributed by atoms with Gasteiger partial charge in [0.05, 0.1) is 0 Å². The number of halogens is 1. The number of aromatic hydroxyl groups is 1. The lowest BCUT2D eigenvalue weighted by atomic mass is 10.1. The predicted octanol–water partition coefficient (Wildman–Crippen LogP) is 5.07. The molecule has 0 aliphatic carbocycles. The van der Waals surface area contributed by atoms with Crippen LogP contribution in [0.15, 0.2) is 30.3 Å². The van der Waals surface area contributed by atoms with Crippen molar-refractivity contribution in [2.45, 2.75) is 38.9 Å². The molecular weight excluding hydrogens is 271 g/mol. The molecule has 0 spiro atoms. The average Bonchev–Trinajstić information content (AvgIpc) is 2.34. The van der Waals surface area contributed by atoms with Crippen LogP contribution in [0, 0.1) is 5.82 Å². The number of hydrogen-bond acceptors (Lipinski definition) is 2. The van der Waals surface area contributed by atoms with Gasteiger partial charge < -0.3 is 9.53 Å². The normalized spacial score (nSPS) is 12.7. The van der Waals surface area contributed by atoms with Crippen molar-refractivity contribution in [2.75, 3.05) is 0 Å². The summed E-state index contributed by atoms with van der Waals surface area (Å²) in [5.41, 5.74) is 0. The Labute approximate surface area is 120 Å². The molecule has 0 aliphatic heterocycles. The maximum absolute atomic E-state index is 14.0. The number of phenols is 1.